The second-order valence-corrected chi connectivity index (χ2v) is 4.17. The van der Waals surface area contributed by atoms with Gasteiger partial charge in [0.05, 0.1) is 6.33 Å². The van der Waals surface area contributed by atoms with Gasteiger partial charge in [0.25, 0.3) is 0 Å². The summed E-state index contributed by atoms with van der Waals surface area (Å²) in [5, 5.41) is 0.388. The van der Waals surface area contributed by atoms with E-state index in [2.05, 4.69) is 15.0 Å². The summed E-state index contributed by atoms with van der Waals surface area (Å²) in [5.41, 5.74) is 1.38. The lowest BCUT2D eigenvalue weighted by molar-refractivity contribution is -0.0298. The van der Waals surface area contributed by atoms with Gasteiger partial charge in [-0.25, -0.2) is 15.0 Å². The van der Waals surface area contributed by atoms with Crippen LogP contribution in [0.15, 0.2) is 12.7 Å². The summed E-state index contributed by atoms with van der Waals surface area (Å²) in [6.07, 6.45) is 6.49. The van der Waals surface area contributed by atoms with Gasteiger partial charge in [-0.2, -0.15) is 0 Å². The van der Waals surface area contributed by atoms with Crippen LogP contribution in [-0.2, 0) is 4.74 Å². The molecule has 1 aliphatic rings. The standard InChI is InChI=1S/C10H11ClN4O/c11-9-8-10(13-5-12-9)15(6-14-8)7-3-1-2-4-16-7/h5-7H,1-4H2/t7-/m0/s1. The maximum absolute atomic E-state index is 5.94. The van der Waals surface area contributed by atoms with E-state index in [0.717, 1.165) is 25.1 Å². The zero-order valence-corrected chi connectivity index (χ0v) is 9.39. The van der Waals surface area contributed by atoms with Crippen LogP contribution in [0.3, 0.4) is 0 Å². The van der Waals surface area contributed by atoms with Crippen LogP contribution in [0.5, 0.6) is 0 Å². The highest BCUT2D eigenvalue weighted by Crippen LogP contribution is 2.26. The third kappa shape index (κ3) is 1.56. The lowest BCUT2D eigenvalue weighted by Gasteiger charge is -2.23. The van der Waals surface area contributed by atoms with E-state index in [1.807, 2.05) is 4.57 Å². The summed E-state index contributed by atoms with van der Waals surface area (Å²) in [5.74, 6) is 0. The molecule has 6 heteroatoms. The highest BCUT2D eigenvalue weighted by atomic mass is 35.5. The first-order valence-corrected chi connectivity index (χ1v) is 5.68. The van der Waals surface area contributed by atoms with E-state index in [4.69, 9.17) is 16.3 Å². The lowest BCUT2D eigenvalue weighted by Crippen LogP contribution is -2.17. The Morgan fingerprint density at radius 2 is 2.25 bits per heavy atom. The molecule has 1 saturated heterocycles. The Morgan fingerprint density at radius 3 is 3.06 bits per heavy atom. The molecule has 16 heavy (non-hydrogen) atoms. The molecule has 3 rings (SSSR count). The molecule has 2 aromatic heterocycles. The monoisotopic (exact) mass is 238 g/mol. The second kappa shape index (κ2) is 3.99. The molecule has 0 aromatic carbocycles. The fourth-order valence-corrected chi connectivity index (χ4v) is 2.15. The molecule has 3 heterocycles. The van der Waals surface area contributed by atoms with Gasteiger partial charge in [0, 0.05) is 6.61 Å². The number of rotatable bonds is 1. The zero-order chi connectivity index (χ0) is 11.0. The summed E-state index contributed by atoms with van der Waals surface area (Å²) >= 11 is 5.94. The highest BCUT2D eigenvalue weighted by molar-refractivity contribution is 6.33. The summed E-state index contributed by atoms with van der Waals surface area (Å²) < 4.78 is 7.62. The van der Waals surface area contributed by atoms with Crippen LogP contribution in [0, 0.1) is 0 Å². The zero-order valence-electron chi connectivity index (χ0n) is 8.64. The Bertz CT molecular complexity index is 506. The van der Waals surface area contributed by atoms with Crippen molar-refractivity contribution in [2.75, 3.05) is 6.61 Å². The Labute approximate surface area is 97.4 Å². The maximum Gasteiger partial charge on any atom is 0.166 e. The smallest absolute Gasteiger partial charge is 0.166 e. The van der Waals surface area contributed by atoms with Crippen molar-refractivity contribution in [3.05, 3.63) is 17.8 Å². The van der Waals surface area contributed by atoms with Crippen LogP contribution in [0.2, 0.25) is 5.15 Å². The number of nitrogens with zero attached hydrogens (tertiary/aromatic N) is 4. The largest absolute Gasteiger partial charge is 0.358 e. The van der Waals surface area contributed by atoms with Crippen LogP contribution in [-0.4, -0.2) is 26.1 Å². The third-order valence-electron chi connectivity index (χ3n) is 2.78. The summed E-state index contributed by atoms with van der Waals surface area (Å²) in [6, 6.07) is 0. The third-order valence-corrected chi connectivity index (χ3v) is 3.06. The van der Waals surface area contributed by atoms with Gasteiger partial charge in [0.2, 0.25) is 0 Å². The average Bonchev–Trinajstić information content (AvgIpc) is 2.75. The van der Waals surface area contributed by atoms with Crippen molar-refractivity contribution in [2.24, 2.45) is 0 Å². The molecule has 0 N–H and O–H groups in total. The minimum Gasteiger partial charge on any atom is -0.358 e. The van der Waals surface area contributed by atoms with Gasteiger partial charge in [-0.1, -0.05) is 11.6 Å². The molecule has 0 amide bonds. The Kier molecular flexibility index (Phi) is 2.49. The summed E-state index contributed by atoms with van der Waals surface area (Å²) in [6.45, 7) is 0.795. The normalized spacial score (nSPS) is 21.4. The molecular weight excluding hydrogens is 228 g/mol. The first-order chi connectivity index (χ1) is 7.86. The molecule has 84 valence electrons. The summed E-state index contributed by atoms with van der Waals surface area (Å²) in [4.78, 5) is 12.3. The Morgan fingerprint density at radius 1 is 1.31 bits per heavy atom. The second-order valence-electron chi connectivity index (χ2n) is 3.81. The first-order valence-electron chi connectivity index (χ1n) is 5.31. The van der Waals surface area contributed by atoms with Crippen LogP contribution >= 0.6 is 11.6 Å². The summed E-state index contributed by atoms with van der Waals surface area (Å²) in [7, 11) is 0. The van der Waals surface area contributed by atoms with E-state index in [0.29, 0.717) is 10.7 Å². The molecule has 0 radical (unpaired) electrons. The van der Waals surface area contributed by atoms with Gasteiger partial charge < -0.3 is 4.74 Å². The van der Waals surface area contributed by atoms with Crippen molar-refractivity contribution in [2.45, 2.75) is 25.5 Å². The van der Waals surface area contributed by atoms with Gasteiger partial charge in [-0.3, -0.25) is 4.57 Å². The quantitative estimate of drug-likeness (QED) is 0.715. The molecule has 0 saturated carbocycles. The van der Waals surface area contributed by atoms with Crippen LogP contribution in [0.4, 0.5) is 0 Å². The molecule has 0 spiro atoms. The molecule has 1 aliphatic heterocycles. The van der Waals surface area contributed by atoms with Crippen molar-refractivity contribution in [3.8, 4) is 0 Å². The molecule has 0 unspecified atom stereocenters. The minimum absolute atomic E-state index is 0.0321. The van der Waals surface area contributed by atoms with Gasteiger partial charge in [-0.15, -0.1) is 0 Å². The maximum atomic E-state index is 5.94. The number of hydrogen-bond donors (Lipinski definition) is 0. The van der Waals surface area contributed by atoms with E-state index in [1.54, 1.807) is 6.33 Å². The number of halogens is 1. The van der Waals surface area contributed by atoms with E-state index in [-0.39, 0.29) is 6.23 Å². The lowest BCUT2D eigenvalue weighted by atomic mass is 10.2. The number of imidazole rings is 1. The van der Waals surface area contributed by atoms with Gasteiger partial charge in [0.15, 0.2) is 10.8 Å². The van der Waals surface area contributed by atoms with Crippen LogP contribution in [0.1, 0.15) is 25.5 Å². The molecule has 1 atom stereocenters. The van der Waals surface area contributed by atoms with E-state index in [9.17, 15) is 0 Å². The predicted molar refractivity (Wildman–Crippen MR) is 59.2 cm³/mol. The van der Waals surface area contributed by atoms with E-state index in [1.165, 1.54) is 12.7 Å². The average molecular weight is 239 g/mol. The number of ether oxygens (including phenoxy) is 1. The SMILES string of the molecule is Clc1ncnc2c1ncn2[C@@H]1CCCCO1. The Hall–Kier alpha value is -1.20. The predicted octanol–water partition coefficient (Wildman–Crippen LogP) is 2.18. The van der Waals surface area contributed by atoms with Crippen LogP contribution < -0.4 is 0 Å². The van der Waals surface area contributed by atoms with E-state index < -0.39 is 0 Å². The fourth-order valence-electron chi connectivity index (χ4n) is 1.98. The minimum atomic E-state index is 0.0321. The van der Waals surface area contributed by atoms with Gasteiger partial charge in [-0.05, 0) is 19.3 Å². The molecular formula is C10H11ClN4O. The van der Waals surface area contributed by atoms with Crippen LogP contribution in [0.25, 0.3) is 11.2 Å². The highest BCUT2D eigenvalue weighted by Gasteiger charge is 2.19. The van der Waals surface area contributed by atoms with Crippen molar-refractivity contribution in [1.29, 1.82) is 0 Å². The van der Waals surface area contributed by atoms with Gasteiger partial charge in [0.1, 0.15) is 18.1 Å². The molecule has 1 fully saturated rings. The van der Waals surface area contributed by atoms with Crippen molar-refractivity contribution in [3.63, 3.8) is 0 Å². The van der Waals surface area contributed by atoms with Gasteiger partial charge >= 0.3 is 0 Å². The fraction of sp³-hybridized carbons (Fsp3) is 0.500. The number of hydrogen-bond acceptors (Lipinski definition) is 4. The van der Waals surface area contributed by atoms with Crippen molar-refractivity contribution in [1.82, 2.24) is 19.5 Å². The first kappa shape index (κ1) is 9.99. The van der Waals surface area contributed by atoms with Crippen molar-refractivity contribution >= 4 is 22.8 Å². The molecule has 0 bridgehead atoms. The number of fused-ring (bicyclic) bond motifs is 1. The molecule has 0 aliphatic carbocycles. The molecule has 2 aromatic rings. The van der Waals surface area contributed by atoms with Crippen molar-refractivity contribution < 1.29 is 4.74 Å². The van der Waals surface area contributed by atoms with E-state index >= 15 is 0 Å². The number of aromatic nitrogens is 4. The Balaban J connectivity index is 2.06. The topological polar surface area (TPSA) is 52.8 Å². The molecule has 5 nitrogen and oxygen atoms in total.